The van der Waals surface area contributed by atoms with Crippen LogP contribution < -0.4 is 13.6 Å². The first-order chi connectivity index (χ1) is 17.0. The van der Waals surface area contributed by atoms with Crippen LogP contribution in [-0.4, -0.2) is 0 Å². The first kappa shape index (κ1) is 24.9. The molecule has 0 aliphatic heterocycles. The van der Waals surface area contributed by atoms with E-state index in [9.17, 15) is 0 Å². The molecule has 5 rings (SSSR count). The van der Waals surface area contributed by atoms with Crippen molar-refractivity contribution in [2.24, 2.45) is 0 Å². The zero-order valence-electron chi connectivity index (χ0n) is 17.7. The fourth-order valence-electron chi connectivity index (χ4n) is 3.10. The summed E-state index contributed by atoms with van der Waals surface area (Å²) >= 11 is 16.7. The summed E-state index contributed by atoms with van der Waals surface area (Å²) in [6.45, 7) is -3.25. The van der Waals surface area contributed by atoms with E-state index in [2.05, 4.69) is 10.8 Å². The molecule has 11 heteroatoms. The van der Waals surface area contributed by atoms with Crippen molar-refractivity contribution in [1.82, 2.24) is 0 Å². The molecule has 0 aliphatic rings. The van der Waals surface area contributed by atoms with Gasteiger partial charge in [0.05, 0.1) is 0 Å². The van der Waals surface area contributed by atoms with Crippen molar-refractivity contribution in [1.29, 1.82) is 0 Å². The van der Waals surface area contributed by atoms with E-state index in [0.717, 1.165) is 29.9 Å². The summed E-state index contributed by atoms with van der Waals surface area (Å²) in [7, 11) is 6.43. The Morgan fingerprint density at radius 3 is 1.31 bits per heavy atom. The third kappa shape index (κ3) is 6.15. The van der Waals surface area contributed by atoms with Crippen LogP contribution in [0.25, 0.3) is 22.3 Å². The van der Waals surface area contributed by atoms with Crippen molar-refractivity contribution < 1.29 is 13.6 Å². The lowest BCUT2D eigenvalue weighted by Gasteiger charge is -2.23. The first-order valence-electron chi connectivity index (χ1n) is 10.1. The SMILES string of the molecule is S=c1sscc1-c1ccc(OP(=S)(Oc2ccccc2)Oc2ccc(-c3cssc3=S)cc2)cc1. The number of rotatable bonds is 8. The van der Waals surface area contributed by atoms with Gasteiger partial charge in [-0.3, -0.25) is 0 Å². The summed E-state index contributed by atoms with van der Waals surface area (Å²) in [5, 5.41) is 4.12. The molecule has 2 aromatic heterocycles. The maximum Gasteiger partial charge on any atom is 0.490 e. The molecule has 0 spiro atoms. The van der Waals surface area contributed by atoms with Gasteiger partial charge in [0.2, 0.25) is 0 Å². The first-order valence-corrected chi connectivity index (χ1v) is 17.9. The molecule has 5 aromatic rings. The fourth-order valence-corrected chi connectivity index (χ4v) is 9.92. The summed E-state index contributed by atoms with van der Waals surface area (Å²) in [6, 6.07) is 24.6. The van der Waals surface area contributed by atoms with Crippen LogP contribution in [0.5, 0.6) is 17.2 Å². The van der Waals surface area contributed by atoms with Gasteiger partial charge < -0.3 is 13.6 Å². The predicted molar refractivity (Wildman–Crippen MR) is 160 cm³/mol. The molecule has 3 nitrogen and oxygen atoms in total. The summed E-state index contributed by atoms with van der Waals surface area (Å²) in [6.07, 6.45) is 0. The van der Waals surface area contributed by atoms with E-state index in [1.807, 2.05) is 78.9 Å². The largest absolute Gasteiger partial charge is 0.490 e. The van der Waals surface area contributed by atoms with Crippen molar-refractivity contribution in [3.05, 3.63) is 97.3 Å². The van der Waals surface area contributed by atoms with Gasteiger partial charge in [0.15, 0.2) is 0 Å². The standard InChI is InChI=1S/C24H15O3PS7/c29-23-21(14-32-34-23)16-6-10-19(11-7-16)26-28(31,25-18-4-2-1-3-5-18)27-20-12-8-17(9-13-20)22-15-33-35-24(22)30/h1-15H. The molecule has 0 N–H and O–H groups in total. The molecule has 0 fully saturated rings. The van der Waals surface area contributed by atoms with Gasteiger partial charge in [-0.2, -0.15) is 0 Å². The van der Waals surface area contributed by atoms with Crippen molar-refractivity contribution in [3.63, 3.8) is 0 Å². The maximum atomic E-state index is 6.18. The van der Waals surface area contributed by atoms with Crippen LogP contribution in [0.15, 0.2) is 89.6 Å². The Balaban J connectivity index is 1.41. The van der Waals surface area contributed by atoms with Gasteiger partial charge in [0.1, 0.15) is 24.9 Å². The molecule has 176 valence electrons. The van der Waals surface area contributed by atoms with Gasteiger partial charge in [-0.15, -0.1) is 0 Å². The van der Waals surface area contributed by atoms with Crippen molar-refractivity contribution in [2.75, 3.05) is 0 Å². The third-order valence-electron chi connectivity index (χ3n) is 4.74. The van der Waals surface area contributed by atoms with Crippen LogP contribution in [0.4, 0.5) is 0 Å². The lowest BCUT2D eigenvalue weighted by molar-refractivity contribution is 0.384. The summed E-state index contributed by atoms with van der Waals surface area (Å²) in [5.41, 5.74) is 4.16. The molecular weight excluding hydrogens is 592 g/mol. The molecule has 0 bridgehead atoms. The minimum atomic E-state index is -3.25. The second-order valence-corrected chi connectivity index (χ2v) is 15.4. The van der Waals surface area contributed by atoms with E-state index in [1.165, 1.54) is 0 Å². The maximum absolute atomic E-state index is 6.18. The molecule has 3 aromatic carbocycles. The summed E-state index contributed by atoms with van der Waals surface area (Å²) in [4.78, 5) is 0. The quantitative estimate of drug-likeness (QED) is 0.0991. The number of hydrogen-bond donors (Lipinski definition) is 0. The zero-order chi connectivity index (χ0) is 24.3. The smallest absolute Gasteiger partial charge is 0.407 e. The molecule has 0 unspecified atom stereocenters. The second kappa shape index (κ2) is 11.1. The van der Waals surface area contributed by atoms with Crippen LogP contribution in [0.3, 0.4) is 0 Å². The predicted octanol–water partition coefficient (Wildman–Crippen LogP) is 10.5. The number of benzene rings is 3. The van der Waals surface area contributed by atoms with Gasteiger partial charge >= 0.3 is 6.72 Å². The minimum Gasteiger partial charge on any atom is -0.407 e. The molecular formula is C24H15O3PS7. The second-order valence-electron chi connectivity index (χ2n) is 7.08. The molecule has 0 amide bonds. The summed E-state index contributed by atoms with van der Waals surface area (Å²) < 4.78 is 20.2. The van der Waals surface area contributed by atoms with Crippen molar-refractivity contribution >= 4 is 84.3 Å². The van der Waals surface area contributed by atoms with Crippen LogP contribution in [0, 0.1) is 7.65 Å². The van der Waals surface area contributed by atoms with Crippen LogP contribution >= 0.6 is 72.5 Å². The van der Waals surface area contributed by atoms with Crippen LogP contribution in [0.1, 0.15) is 0 Å². The number of para-hydroxylation sites is 1. The fraction of sp³-hybridized carbons (Fsp3) is 0. The zero-order valence-corrected chi connectivity index (χ0v) is 24.3. The van der Waals surface area contributed by atoms with Gasteiger partial charge in [0.25, 0.3) is 0 Å². The monoisotopic (exact) mass is 606 g/mol. The minimum absolute atomic E-state index is 0.560. The van der Waals surface area contributed by atoms with Gasteiger partial charge in [0, 0.05) is 33.7 Å². The average Bonchev–Trinajstić information content (AvgIpc) is 3.48. The van der Waals surface area contributed by atoms with E-state index in [0.29, 0.717) is 17.2 Å². The van der Waals surface area contributed by atoms with Crippen LogP contribution in [-0.2, 0) is 11.8 Å². The highest BCUT2D eigenvalue weighted by Gasteiger charge is 2.27. The van der Waals surface area contributed by atoms with Crippen molar-refractivity contribution in [2.45, 2.75) is 0 Å². The molecule has 0 aliphatic carbocycles. The Hall–Kier alpha value is -1.75. The van der Waals surface area contributed by atoms with Crippen LogP contribution in [0.2, 0.25) is 0 Å². The molecule has 35 heavy (non-hydrogen) atoms. The highest BCUT2D eigenvalue weighted by Crippen LogP contribution is 2.50. The van der Waals surface area contributed by atoms with Gasteiger partial charge in [-0.1, -0.05) is 108 Å². The Morgan fingerprint density at radius 2 is 0.943 bits per heavy atom. The Kier molecular flexibility index (Phi) is 7.91. The third-order valence-corrected chi connectivity index (χ3v) is 12.0. The van der Waals surface area contributed by atoms with Gasteiger partial charge in [-0.25, -0.2) is 0 Å². The normalized spacial score (nSPS) is 11.2. The average molecular weight is 607 g/mol. The molecule has 0 atom stereocenters. The van der Waals surface area contributed by atoms with E-state index in [4.69, 9.17) is 49.8 Å². The lowest BCUT2D eigenvalue weighted by atomic mass is 10.1. The van der Waals surface area contributed by atoms with Crippen molar-refractivity contribution in [3.8, 4) is 39.5 Å². The van der Waals surface area contributed by atoms with E-state index < -0.39 is 6.72 Å². The van der Waals surface area contributed by atoms with Gasteiger partial charge in [-0.05, 0) is 47.5 Å². The lowest BCUT2D eigenvalue weighted by Crippen LogP contribution is -2.07. The molecule has 0 radical (unpaired) electrons. The molecule has 0 saturated heterocycles. The molecule has 0 saturated carbocycles. The highest BCUT2D eigenvalue weighted by molar-refractivity contribution is 8.08. The van der Waals surface area contributed by atoms with E-state index in [1.54, 1.807) is 41.4 Å². The molecule has 2 heterocycles. The Morgan fingerprint density at radius 1 is 0.543 bits per heavy atom. The number of hydrogen-bond acceptors (Lipinski definition) is 10. The summed E-state index contributed by atoms with van der Waals surface area (Å²) in [5.74, 6) is 1.70. The van der Waals surface area contributed by atoms with E-state index in [-0.39, 0.29) is 0 Å². The highest BCUT2D eigenvalue weighted by atomic mass is 32.9. The Labute approximate surface area is 232 Å². The van der Waals surface area contributed by atoms with E-state index >= 15 is 0 Å². The topological polar surface area (TPSA) is 27.7 Å². The Bertz CT molecular complexity index is 1490.